The number of H-pyrrole nitrogens is 1. The molecule has 0 unspecified atom stereocenters. The van der Waals surface area contributed by atoms with Gasteiger partial charge in [0, 0.05) is 23.4 Å². The number of amides is 1. The summed E-state index contributed by atoms with van der Waals surface area (Å²) in [6.07, 6.45) is 0. The number of rotatable bonds is 6. The molecule has 0 saturated carbocycles. The number of carbonyl (C=O) groups is 1. The van der Waals surface area contributed by atoms with Crippen LogP contribution in [0.4, 0.5) is 11.4 Å². The Kier molecular flexibility index (Phi) is 5.28. The van der Waals surface area contributed by atoms with Gasteiger partial charge in [-0.1, -0.05) is 36.0 Å². The molecule has 0 aliphatic rings. The van der Waals surface area contributed by atoms with Crippen molar-refractivity contribution in [3.63, 3.8) is 0 Å². The topological polar surface area (TPSA) is 114 Å². The first-order chi connectivity index (χ1) is 12.5. The van der Waals surface area contributed by atoms with E-state index in [1.807, 2.05) is 31.2 Å². The third-order valence-corrected chi connectivity index (χ3v) is 4.41. The van der Waals surface area contributed by atoms with Crippen molar-refractivity contribution in [1.82, 2.24) is 15.2 Å². The Hall–Kier alpha value is -3.20. The zero-order valence-electron chi connectivity index (χ0n) is 13.8. The molecule has 0 saturated heterocycles. The minimum Gasteiger partial charge on any atom is -0.325 e. The lowest BCUT2D eigenvalue weighted by molar-refractivity contribution is -0.384. The third-order valence-electron chi connectivity index (χ3n) is 3.56. The second kappa shape index (κ2) is 7.79. The number of nitro groups is 1. The van der Waals surface area contributed by atoms with Crippen molar-refractivity contribution in [2.75, 3.05) is 11.1 Å². The fourth-order valence-electron chi connectivity index (χ4n) is 2.26. The standard InChI is InChI=1S/C17H15N5O3S/c1-11-4-2-3-5-14(11)16-19-17(21-20-16)26-10-15(23)18-12-6-8-13(9-7-12)22(24)25/h2-9H,10H2,1H3,(H,18,23)(H,19,20,21). The number of hydrogen-bond donors (Lipinski definition) is 2. The first kappa shape index (κ1) is 17.6. The molecule has 1 heterocycles. The fourth-order valence-corrected chi connectivity index (χ4v) is 2.86. The van der Waals surface area contributed by atoms with Crippen LogP contribution in [0.25, 0.3) is 11.4 Å². The fraction of sp³-hybridized carbons (Fsp3) is 0.118. The average molecular weight is 369 g/mol. The predicted molar refractivity (Wildman–Crippen MR) is 99.0 cm³/mol. The summed E-state index contributed by atoms with van der Waals surface area (Å²) in [6.45, 7) is 1.99. The van der Waals surface area contributed by atoms with Crippen LogP contribution in [0.5, 0.6) is 0 Å². The summed E-state index contributed by atoms with van der Waals surface area (Å²) in [5.41, 5.74) is 2.51. The number of carbonyl (C=O) groups excluding carboxylic acids is 1. The minimum absolute atomic E-state index is 0.0261. The van der Waals surface area contributed by atoms with Crippen LogP contribution in [-0.4, -0.2) is 31.8 Å². The Labute approximate surface area is 153 Å². The molecule has 2 aromatic carbocycles. The highest BCUT2D eigenvalue weighted by Gasteiger charge is 2.11. The van der Waals surface area contributed by atoms with Crippen LogP contribution in [0.3, 0.4) is 0 Å². The number of nitro benzene ring substituents is 1. The number of thioether (sulfide) groups is 1. The van der Waals surface area contributed by atoms with Gasteiger partial charge in [-0.2, -0.15) is 0 Å². The van der Waals surface area contributed by atoms with Crippen molar-refractivity contribution in [1.29, 1.82) is 0 Å². The van der Waals surface area contributed by atoms with Gasteiger partial charge in [0.15, 0.2) is 5.82 Å². The molecular weight excluding hydrogens is 354 g/mol. The summed E-state index contributed by atoms with van der Waals surface area (Å²) >= 11 is 1.20. The van der Waals surface area contributed by atoms with E-state index in [2.05, 4.69) is 20.5 Å². The quantitative estimate of drug-likeness (QED) is 0.391. The first-order valence-electron chi connectivity index (χ1n) is 7.68. The molecule has 2 N–H and O–H groups in total. The molecule has 0 spiro atoms. The summed E-state index contributed by atoms with van der Waals surface area (Å²) in [5.74, 6) is 0.537. The highest BCUT2D eigenvalue weighted by atomic mass is 32.2. The molecule has 1 amide bonds. The second-order valence-corrected chi connectivity index (χ2v) is 6.36. The Bertz CT molecular complexity index is 940. The molecule has 3 aromatic rings. The van der Waals surface area contributed by atoms with Gasteiger partial charge in [0.05, 0.1) is 10.7 Å². The molecule has 3 rings (SSSR count). The number of nitrogens with one attached hydrogen (secondary N) is 2. The van der Waals surface area contributed by atoms with Gasteiger partial charge in [-0.25, -0.2) is 4.98 Å². The molecule has 26 heavy (non-hydrogen) atoms. The van der Waals surface area contributed by atoms with Crippen LogP contribution in [0.2, 0.25) is 0 Å². The lowest BCUT2D eigenvalue weighted by atomic mass is 10.1. The lowest BCUT2D eigenvalue weighted by Gasteiger charge is -2.03. The Balaban J connectivity index is 1.56. The van der Waals surface area contributed by atoms with Gasteiger partial charge in [0.1, 0.15) is 0 Å². The summed E-state index contributed by atoms with van der Waals surface area (Å²) in [4.78, 5) is 26.5. The number of non-ortho nitro benzene ring substituents is 1. The van der Waals surface area contributed by atoms with E-state index in [-0.39, 0.29) is 17.3 Å². The Morgan fingerprint density at radius 3 is 2.65 bits per heavy atom. The zero-order chi connectivity index (χ0) is 18.5. The average Bonchev–Trinajstić information content (AvgIpc) is 3.09. The van der Waals surface area contributed by atoms with Crippen LogP contribution in [0.1, 0.15) is 5.56 Å². The molecule has 0 aliphatic carbocycles. The summed E-state index contributed by atoms with van der Waals surface area (Å²) in [7, 11) is 0. The molecule has 0 atom stereocenters. The largest absolute Gasteiger partial charge is 0.325 e. The number of benzene rings is 2. The van der Waals surface area contributed by atoms with Gasteiger partial charge in [0.2, 0.25) is 11.1 Å². The molecule has 132 valence electrons. The van der Waals surface area contributed by atoms with Crippen molar-refractivity contribution in [2.45, 2.75) is 12.1 Å². The maximum absolute atomic E-state index is 12.0. The van der Waals surface area contributed by atoms with E-state index in [0.717, 1.165) is 11.1 Å². The van der Waals surface area contributed by atoms with Crippen molar-refractivity contribution < 1.29 is 9.72 Å². The normalized spacial score (nSPS) is 10.5. The van der Waals surface area contributed by atoms with Gasteiger partial charge in [0.25, 0.3) is 5.69 Å². The van der Waals surface area contributed by atoms with Crippen LogP contribution in [0, 0.1) is 17.0 Å². The van der Waals surface area contributed by atoms with E-state index < -0.39 is 4.92 Å². The van der Waals surface area contributed by atoms with Crippen molar-refractivity contribution in [2.24, 2.45) is 0 Å². The van der Waals surface area contributed by atoms with Gasteiger partial charge < -0.3 is 5.32 Å². The number of aryl methyl sites for hydroxylation is 1. The summed E-state index contributed by atoms with van der Waals surface area (Å²) in [5, 5.41) is 20.8. The SMILES string of the molecule is Cc1ccccc1-c1nc(SCC(=O)Nc2ccc([N+](=O)[O-])cc2)n[nH]1. The van der Waals surface area contributed by atoms with E-state index >= 15 is 0 Å². The molecule has 0 fully saturated rings. The van der Waals surface area contributed by atoms with Gasteiger partial charge in [-0.15, -0.1) is 5.10 Å². The van der Waals surface area contributed by atoms with Gasteiger partial charge in [-0.3, -0.25) is 20.0 Å². The van der Waals surface area contributed by atoms with Crippen molar-refractivity contribution in [3.8, 4) is 11.4 Å². The zero-order valence-corrected chi connectivity index (χ0v) is 14.6. The Morgan fingerprint density at radius 2 is 1.96 bits per heavy atom. The first-order valence-corrected chi connectivity index (χ1v) is 8.67. The molecule has 9 heteroatoms. The minimum atomic E-state index is -0.489. The highest BCUT2D eigenvalue weighted by Crippen LogP contribution is 2.22. The molecule has 1 aromatic heterocycles. The van der Waals surface area contributed by atoms with Crippen LogP contribution < -0.4 is 5.32 Å². The number of aromatic amines is 1. The maximum Gasteiger partial charge on any atom is 0.269 e. The van der Waals surface area contributed by atoms with Gasteiger partial charge in [-0.05, 0) is 24.6 Å². The smallest absolute Gasteiger partial charge is 0.269 e. The molecule has 0 radical (unpaired) electrons. The number of hydrogen-bond acceptors (Lipinski definition) is 6. The molecular formula is C17H15N5O3S. The van der Waals surface area contributed by atoms with Crippen LogP contribution in [0.15, 0.2) is 53.7 Å². The number of nitrogens with zero attached hydrogens (tertiary/aromatic N) is 3. The lowest BCUT2D eigenvalue weighted by Crippen LogP contribution is -2.14. The predicted octanol–water partition coefficient (Wildman–Crippen LogP) is 3.42. The van der Waals surface area contributed by atoms with Crippen LogP contribution >= 0.6 is 11.8 Å². The highest BCUT2D eigenvalue weighted by molar-refractivity contribution is 7.99. The third kappa shape index (κ3) is 4.25. The molecule has 0 bridgehead atoms. The van der Waals surface area contributed by atoms with E-state index in [9.17, 15) is 14.9 Å². The molecule has 0 aliphatic heterocycles. The number of anilines is 1. The van der Waals surface area contributed by atoms with Crippen LogP contribution in [-0.2, 0) is 4.79 Å². The molecule has 8 nitrogen and oxygen atoms in total. The van der Waals surface area contributed by atoms with Gasteiger partial charge >= 0.3 is 0 Å². The Morgan fingerprint density at radius 1 is 1.23 bits per heavy atom. The van der Waals surface area contributed by atoms with E-state index in [0.29, 0.717) is 16.7 Å². The summed E-state index contributed by atoms with van der Waals surface area (Å²) in [6, 6.07) is 13.5. The monoisotopic (exact) mass is 369 g/mol. The van der Waals surface area contributed by atoms with Crippen molar-refractivity contribution in [3.05, 3.63) is 64.2 Å². The summed E-state index contributed by atoms with van der Waals surface area (Å²) < 4.78 is 0. The number of aromatic nitrogens is 3. The van der Waals surface area contributed by atoms with Crippen molar-refractivity contribution >= 4 is 29.0 Å². The maximum atomic E-state index is 12.0. The van der Waals surface area contributed by atoms with E-state index in [1.54, 1.807) is 0 Å². The van der Waals surface area contributed by atoms with E-state index in [1.165, 1.54) is 36.0 Å². The second-order valence-electron chi connectivity index (χ2n) is 5.42. The van der Waals surface area contributed by atoms with E-state index in [4.69, 9.17) is 0 Å².